The second kappa shape index (κ2) is 10.1. The van der Waals surface area contributed by atoms with Crippen LogP contribution in [0.2, 0.25) is 10.0 Å². The zero-order valence-corrected chi connectivity index (χ0v) is 22.4. The first kappa shape index (κ1) is 26.6. The number of allylic oxidation sites excluding steroid dienone is 1. The van der Waals surface area contributed by atoms with E-state index in [9.17, 15) is 23.1 Å². The highest BCUT2D eigenvalue weighted by atomic mass is 35.5. The molecule has 2 aliphatic rings. The van der Waals surface area contributed by atoms with Crippen LogP contribution in [0.3, 0.4) is 0 Å². The number of carbonyl (C=O) groups is 2. The van der Waals surface area contributed by atoms with Crippen LogP contribution in [0.15, 0.2) is 54.5 Å². The number of carbonyl (C=O) groups excluding carboxylic acids is 1. The van der Waals surface area contributed by atoms with E-state index < -0.39 is 50.8 Å². The molecule has 1 aromatic heterocycles. The maximum atomic E-state index is 14.1. The molecule has 0 bridgehead atoms. The molecule has 10 heteroatoms. The van der Waals surface area contributed by atoms with Crippen molar-refractivity contribution in [3.05, 3.63) is 75.7 Å². The third-order valence-corrected chi connectivity index (χ3v) is 9.64. The fourth-order valence-corrected chi connectivity index (χ4v) is 7.20. The molecule has 1 saturated heterocycles. The average Bonchev–Trinajstić information content (AvgIpc) is 3.66. The summed E-state index contributed by atoms with van der Waals surface area (Å²) in [4.78, 5) is 31.7. The molecule has 1 saturated carbocycles. The van der Waals surface area contributed by atoms with Crippen LogP contribution in [0.1, 0.15) is 62.6 Å². The second-order valence-electron chi connectivity index (χ2n) is 9.84. The minimum Gasteiger partial charge on any atom is -0.481 e. The van der Waals surface area contributed by atoms with Gasteiger partial charge in [0, 0.05) is 29.0 Å². The Balaban J connectivity index is 1.91. The highest BCUT2D eigenvalue weighted by Crippen LogP contribution is 2.52. The Morgan fingerprint density at radius 3 is 2.39 bits per heavy atom. The number of sulfone groups is 1. The highest BCUT2D eigenvalue weighted by Gasteiger charge is 2.52. The summed E-state index contributed by atoms with van der Waals surface area (Å²) in [6, 6.07) is 8.19. The van der Waals surface area contributed by atoms with Crippen molar-refractivity contribution >= 4 is 44.9 Å². The minimum atomic E-state index is -3.47. The molecule has 0 radical (unpaired) electrons. The number of pyridine rings is 1. The molecule has 0 unspecified atom stereocenters. The molecule has 1 aromatic carbocycles. The van der Waals surface area contributed by atoms with Gasteiger partial charge in [-0.1, -0.05) is 48.3 Å². The third-order valence-electron chi connectivity index (χ3n) is 7.00. The van der Waals surface area contributed by atoms with E-state index in [0.29, 0.717) is 28.6 Å². The standard InChI is InChI=1S/C26H28Cl2N2O5S/c1-3-20(15-36(34,35)21-8-9-21)30-24(16-4-6-18(27)7-5-16)22(17-10-19(28)14-29-13-17)11-26(2,25(30)33)12-23(31)32/h3-7,10,13-14,21-22,24H,8-9,11-12,15H2,1-2H3,(H,31,32)/b20-3+/t22-,24-,26-/m1/s1. The molecule has 3 atom stereocenters. The topological polar surface area (TPSA) is 105 Å². The first-order valence-electron chi connectivity index (χ1n) is 11.7. The summed E-state index contributed by atoms with van der Waals surface area (Å²) in [7, 11) is -3.47. The summed E-state index contributed by atoms with van der Waals surface area (Å²) in [5.74, 6) is -2.23. The lowest BCUT2D eigenvalue weighted by Crippen LogP contribution is -2.52. The number of aliphatic carboxylic acids is 1. The summed E-state index contributed by atoms with van der Waals surface area (Å²) < 4.78 is 26.0. The zero-order valence-electron chi connectivity index (χ0n) is 20.0. The number of amides is 1. The number of rotatable bonds is 8. The maximum absolute atomic E-state index is 14.1. The molecule has 1 aliphatic carbocycles. The van der Waals surface area contributed by atoms with Crippen LogP contribution >= 0.6 is 23.2 Å². The normalized spacial score (nSPS) is 25.2. The van der Waals surface area contributed by atoms with Gasteiger partial charge in [0.2, 0.25) is 5.91 Å². The van der Waals surface area contributed by atoms with Crippen molar-refractivity contribution < 1.29 is 23.1 Å². The van der Waals surface area contributed by atoms with E-state index in [-0.39, 0.29) is 12.2 Å². The van der Waals surface area contributed by atoms with Gasteiger partial charge in [-0.2, -0.15) is 0 Å². The van der Waals surface area contributed by atoms with E-state index >= 15 is 0 Å². The third kappa shape index (κ3) is 5.45. The van der Waals surface area contributed by atoms with Crippen molar-refractivity contribution in [2.75, 3.05) is 5.75 Å². The van der Waals surface area contributed by atoms with E-state index in [1.54, 1.807) is 56.5 Å². The van der Waals surface area contributed by atoms with Crippen LogP contribution in [-0.4, -0.2) is 46.3 Å². The molecule has 1 aliphatic heterocycles. The average molecular weight is 551 g/mol. The SMILES string of the molecule is C/C=C(\CS(=O)(=O)C1CC1)N1C(=O)[C@@](C)(CC(=O)O)C[C@H](c2cncc(Cl)c2)[C@H]1c1ccc(Cl)cc1. The number of carboxylic acids is 1. The van der Waals surface area contributed by atoms with Crippen LogP contribution in [0.4, 0.5) is 0 Å². The first-order valence-corrected chi connectivity index (χ1v) is 14.2. The number of piperidine rings is 1. The van der Waals surface area contributed by atoms with E-state index in [1.165, 1.54) is 11.1 Å². The second-order valence-corrected chi connectivity index (χ2v) is 13.0. The minimum absolute atomic E-state index is 0.219. The Morgan fingerprint density at radius 1 is 1.17 bits per heavy atom. The summed E-state index contributed by atoms with van der Waals surface area (Å²) in [6.07, 6.45) is 5.85. The zero-order chi connectivity index (χ0) is 26.3. The van der Waals surface area contributed by atoms with Gasteiger partial charge in [-0.3, -0.25) is 14.6 Å². The number of nitrogens with zero attached hydrogens (tertiary/aromatic N) is 2. The summed E-state index contributed by atoms with van der Waals surface area (Å²) in [5.41, 5.74) is 0.540. The molecule has 2 fully saturated rings. The molecule has 36 heavy (non-hydrogen) atoms. The Kier molecular flexibility index (Phi) is 7.51. The van der Waals surface area contributed by atoms with Gasteiger partial charge < -0.3 is 10.0 Å². The van der Waals surface area contributed by atoms with Gasteiger partial charge in [0.25, 0.3) is 0 Å². The van der Waals surface area contributed by atoms with Crippen molar-refractivity contribution in [1.29, 1.82) is 0 Å². The van der Waals surface area contributed by atoms with E-state index in [2.05, 4.69) is 4.98 Å². The van der Waals surface area contributed by atoms with Crippen molar-refractivity contribution in [1.82, 2.24) is 9.88 Å². The predicted octanol–water partition coefficient (Wildman–Crippen LogP) is 5.41. The first-order chi connectivity index (χ1) is 16.9. The lowest BCUT2D eigenvalue weighted by molar-refractivity contribution is -0.155. The van der Waals surface area contributed by atoms with Crippen molar-refractivity contribution in [2.45, 2.75) is 56.7 Å². The number of hydrogen-bond donors (Lipinski definition) is 1. The molecule has 192 valence electrons. The Bertz CT molecular complexity index is 1310. The molecular weight excluding hydrogens is 523 g/mol. The number of aromatic nitrogens is 1. The molecule has 1 amide bonds. The Labute approximate surface area is 221 Å². The molecular formula is C26H28Cl2N2O5S. The van der Waals surface area contributed by atoms with Gasteiger partial charge >= 0.3 is 5.97 Å². The van der Waals surface area contributed by atoms with Gasteiger partial charge in [0.1, 0.15) is 0 Å². The molecule has 0 spiro atoms. The number of halogens is 2. The largest absolute Gasteiger partial charge is 0.481 e. The monoisotopic (exact) mass is 550 g/mol. The molecule has 2 aromatic rings. The number of benzene rings is 1. The van der Waals surface area contributed by atoms with Crippen LogP contribution in [0.25, 0.3) is 0 Å². The van der Waals surface area contributed by atoms with E-state index in [0.717, 1.165) is 11.1 Å². The number of hydrogen-bond acceptors (Lipinski definition) is 5. The Morgan fingerprint density at radius 2 is 1.83 bits per heavy atom. The van der Waals surface area contributed by atoms with Gasteiger partial charge in [-0.05, 0) is 55.5 Å². The fraction of sp³-hybridized carbons (Fsp3) is 0.423. The Hall–Kier alpha value is -2.42. The maximum Gasteiger partial charge on any atom is 0.304 e. The molecule has 4 rings (SSSR count). The van der Waals surface area contributed by atoms with Crippen LogP contribution < -0.4 is 0 Å². The van der Waals surface area contributed by atoms with Gasteiger partial charge in [0.05, 0.1) is 33.9 Å². The van der Waals surface area contributed by atoms with E-state index in [4.69, 9.17) is 23.2 Å². The van der Waals surface area contributed by atoms with Crippen molar-refractivity contribution in [2.24, 2.45) is 5.41 Å². The number of likely N-dealkylation sites (tertiary alicyclic amines) is 1. The summed E-state index contributed by atoms with van der Waals surface area (Å²) >= 11 is 12.4. The van der Waals surface area contributed by atoms with Gasteiger partial charge in [0.15, 0.2) is 9.84 Å². The molecule has 1 N–H and O–H groups in total. The smallest absolute Gasteiger partial charge is 0.304 e. The highest BCUT2D eigenvalue weighted by molar-refractivity contribution is 7.92. The lowest BCUT2D eigenvalue weighted by atomic mass is 9.67. The van der Waals surface area contributed by atoms with Gasteiger partial charge in [-0.15, -0.1) is 0 Å². The molecule has 7 nitrogen and oxygen atoms in total. The van der Waals surface area contributed by atoms with Crippen LogP contribution in [0, 0.1) is 5.41 Å². The van der Waals surface area contributed by atoms with Crippen LogP contribution in [0.5, 0.6) is 0 Å². The summed E-state index contributed by atoms with van der Waals surface area (Å²) in [5, 5.41) is 10.2. The summed E-state index contributed by atoms with van der Waals surface area (Å²) in [6.45, 7) is 3.32. The molecule has 2 heterocycles. The lowest BCUT2D eigenvalue weighted by Gasteiger charge is -2.49. The van der Waals surface area contributed by atoms with Crippen molar-refractivity contribution in [3.8, 4) is 0 Å². The van der Waals surface area contributed by atoms with E-state index in [1.807, 2.05) is 0 Å². The fourth-order valence-electron chi connectivity index (χ4n) is 5.09. The van der Waals surface area contributed by atoms with Crippen molar-refractivity contribution in [3.63, 3.8) is 0 Å². The quantitative estimate of drug-likeness (QED) is 0.471. The van der Waals surface area contributed by atoms with Crippen LogP contribution in [-0.2, 0) is 19.4 Å². The van der Waals surface area contributed by atoms with Gasteiger partial charge in [-0.25, -0.2) is 8.42 Å². The number of carboxylic acid groups (broad SMARTS) is 1. The predicted molar refractivity (Wildman–Crippen MR) is 139 cm³/mol.